The van der Waals surface area contributed by atoms with E-state index in [0.717, 1.165) is 36.4 Å². The highest BCUT2D eigenvalue weighted by Crippen LogP contribution is 2.30. The summed E-state index contributed by atoms with van der Waals surface area (Å²) in [5, 5.41) is 51.9. The van der Waals surface area contributed by atoms with Crippen LogP contribution in [0.4, 0.5) is 34.1 Å². The lowest BCUT2D eigenvalue weighted by Gasteiger charge is -2.06. The van der Waals surface area contributed by atoms with Crippen LogP contribution in [0.25, 0.3) is 0 Å². The van der Waals surface area contributed by atoms with Crippen LogP contribution < -0.4 is 10.9 Å². The molecule has 0 heterocycles. The average molecular weight is 460 g/mol. The smallest absolute Gasteiger partial charge is 0.272 e. The molecule has 16 heteroatoms. The van der Waals surface area contributed by atoms with E-state index in [9.17, 15) is 40.5 Å². The number of nitrogens with zero attached hydrogens (tertiary/aromatic N) is 6. The molecule has 0 saturated carbocycles. The van der Waals surface area contributed by atoms with Gasteiger partial charge in [-0.2, -0.15) is 10.2 Å². The lowest BCUT2D eigenvalue weighted by atomic mass is 10.2. The van der Waals surface area contributed by atoms with Crippen molar-refractivity contribution in [1.82, 2.24) is 0 Å². The Hall–Kier alpha value is -5.02. The molecule has 16 nitrogen and oxygen atoms in total. The van der Waals surface area contributed by atoms with Gasteiger partial charge in [-0.15, -0.1) is 0 Å². The fourth-order valence-electron chi connectivity index (χ4n) is 2.52. The number of nitrogens with one attached hydrogen (secondary N) is 2. The number of non-ortho nitro benzene ring substituents is 2. The van der Waals surface area contributed by atoms with Crippen molar-refractivity contribution in [2.45, 2.75) is 20.3 Å². The standard InChI is InChI=1S/C17H16N8O8/c1-10(18-20-14-5-3-12(22(26)27)8-16(14)24(30)31)7-11(2)19-21-15-6-4-13(23(28)29)9-17(15)25(32)33/h3-6,8-9,20-21H,7H2,1-2H3/b18-10+,19-11+. The first-order chi connectivity index (χ1) is 15.5. The summed E-state index contributed by atoms with van der Waals surface area (Å²) in [5.74, 6) is 0. The highest BCUT2D eigenvalue weighted by Gasteiger charge is 2.20. The van der Waals surface area contributed by atoms with Crippen molar-refractivity contribution in [3.05, 3.63) is 76.9 Å². The highest BCUT2D eigenvalue weighted by molar-refractivity contribution is 6.02. The van der Waals surface area contributed by atoms with Gasteiger partial charge >= 0.3 is 11.4 Å². The van der Waals surface area contributed by atoms with Gasteiger partial charge in [-0.3, -0.25) is 51.3 Å². The summed E-state index contributed by atoms with van der Waals surface area (Å²) in [6.07, 6.45) is 0.154. The van der Waals surface area contributed by atoms with Crippen molar-refractivity contribution >= 4 is 45.5 Å². The lowest BCUT2D eigenvalue weighted by molar-refractivity contribution is -0.393. The molecular formula is C17H16N8O8. The van der Waals surface area contributed by atoms with Gasteiger partial charge in [0.25, 0.3) is 11.4 Å². The molecule has 0 fully saturated rings. The molecule has 33 heavy (non-hydrogen) atoms. The first kappa shape index (κ1) is 24.3. The van der Waals surface area contributed by atoms with E-state index < -0.39 is 42.4 Å². The van der Waals surface area contributed by atoms with Gasteiger partial charge in [0.15, 0.2) is 0 Å². The average Bonchev–Trinajstić information content (AvgIpc) is 2.75. The SMILES string of the molecule is C/C(C/C(C)=N/Nc1ccc([N+](=O)[O-])cc1[N+](=O)[O-])=N\Nc1ccc([N+](=O)[O-])cc1[N+](=O)[O-]. The quantitative estimate of drug-likeness (QED) is 0.294. The summed E-state index contributed by atoms with van der Waals surface area (Å²) >= 11 is 0. The maximum atomic E-state index is 11.2. The Morgan fingerprint density at radius 1 is 0.697 bits per heavy atom. The Labute approximate surface area is 184 Å². The number of anilines is 2. The molecule has 0 atom stereocenters. The molecule has 0 aliphatic carbocycles. The monoisotopic (exact) mass is 460 g/mol. The summed E-state index contributed by atoms with van der Waals surface area (Å²) in [6, 6.07) is 6.11. The van der Waals surface area contributed by atoms with Gasteiger partial charge in [0.05, 0.1) is 31.8 Å². The van der Waals surface area contributed by atoms with Gasteiger partial charge in [-0.05, 0) is 26.0 Å². The van der Waals surface area contributed by atoms with Crippen LogP contribution in [0.15, 0.2) is 46.6 Å². The summed E-state index contributed by atoms with van der Waals surface area (Å²) < 4.78 is 0. The van der Waals surface area contributed by atoms with Crippen LogP contribution >= 0.6 is 0 Å². The summed E-state index contributed by atoms with van der Waals surface area (Å²) in [6.45, 7) is 3.16. The minimum atomic E-state index is -0.784. The summed E-state index contributed by atoms with van der Waals surface area (Å²) in [4.78, 5) is 40.8. The molecule has 0 unspecified atom stereocenters. The zero-order valence-corrected chi connectivity index (χ0v) is 17.1. The predicted octanol–water partition coefficient (Wildman–Crippen LogP) is 3.99. The maximum Gasteiger partial charge on any atom is 0.301 e. The van der Waals surface area contributed by atoms with Crippen LogP contribution in [0, 0.1) is 40.5 Å². The Kier molecular flexibility index (Phi) is 7.59. The first-order valence-corrected chi connectivity index (χ1v) is 8.93. The number of nitro groups is 4. The van der Waals surface area contributed by atoms with Crippen LogP contribution in [0.3, 0.4) is 0 Å². The molecule has 0 aromatic heterocycles. The van der Waals surface area contributed by atoms with E-state index in [1.165, 1.54) is 0 Å². The zero-order valence-electron chi connectivity index (χ0n) is 17.1. The minimum Gasteiger partial charge on any atom is -0.272 e. The zero-order chi connectivity index (χ0) is 24.7. The topological polar surface area (TPSA) is 221 Å². The number of benzene rings is 2. The van der Waals surface area contributed by atoms with E-state index in [1.54, 1.807) is 13.8 Å². The molecule has 0 bridgehead atoms. The van der Waals surface area contributed by atoms with Gasteiger partial charge in [-0.25, -0.2) is 0 Å². The fraction of sp³-hybridized carbons (Fsp3) is 0.176. The maximum absolute atomic E-state index is 11.2. The molecule has 0 amide bonds. The van der Waals surface area contributed by atoms with Gasteiger partial charge in [0, 0.05) is 30.0 Å². The lowest BCUT2D eigenvalue weighted by Crippen LogP contribution is -2.07. The van der Waals surface area contributed by atoms with Crippen LogP contribution in [-0.2, 0) is 0 Å². The van der Waals surface area contributed by atoms with Gasteiger partial charge in [0.1, 0.15) is 11.4 Å². The van der Waals surface area contributed by atoms with E-state index >= 15 is 0 Å². The van der Waals surface area contributed by atoms with E-state index in [1.807, 2.05) is 0 Å². The van der Waals surface area contributed by atoms with Crippen LogP contribution in [0.5, 0.6) is 0 Å². The van der Waals surface area contributed by atoms with Gasteiger partial charge < -0.3 is 0 Å². The minimum absolute atomic E-state index is 0.0563. The van der Waals surface area contributed by atoms with Gasteiger partial charge in [-0.1, -0.05) is 0 Å². The predicted molar refractivity (Wildman–Crippen MR) is 118 cm³/mol. The van der Waals surface area contributed by atoms with Crippen molar-refractivity contribution in [2.75, 3.05) is 10.9 Å². The molecule has 2 N–H and O–H groups in total. The van der Waals surface area contributed by atoms with E-state index in [4.69, 9.17) is 0 Å². The summed E-state index contributed by atoms with van der Waals surface area (Å²) in [7, 11) is 0. The summed E-state index contributed by atoms with van der Waals surface area (Å²) in [5.41, 5.74) is 3.74. The van der Waals surface area contributed by atoms with Crippen molar-refractivity contribution in [1.29, 1.82) is 0 Å². The van der Waals surface area contributed by atoms with Gasteiger partial charge in [0.2, 0.25) is 0 Å². The molecule has 2 aromatic carbocycles. The third kappa shape index (κ3) is 6.48. The molecule has 0 saturated heterocycles. The molecule has 0 spiro atoms. The molecule has 172 valence electrons. The van der Waals surface area contributed by atoms with E-state index in [-0.39, 0.29) is 17.8 Å². The molecule has 0 radical (unpaired) electrons. The fourth-order valence-corrected chi connectivity index (χ4v) is 2.52. The number of nitro benzene ring substituents is 4. The normalized spacial score (nSPS) is 11.6. The van der Waals surface area contributed by atoms with Crippen LogP contribution in [0.1, 0.15) is 20.3 Å². The molecular weight excluding hydrogens is 444 g/mol. The third-order valence-electron chi connectivity index (χ3n) is 4.02. The van der Waals surface area contributed by atoms with Crippen LogP contribution in [-0.4, -0.2) is 31.1 Å². The number of hydrazone groups is 2. The molecule has 0 aliphatic heterocycles. The van der Waals surface area contributed by atoms with Crippen molar-refractivity contribution in [2.24, 2.45) is 10.2 Å². The largest absolute Gasteiger partial charge is 0.301 e. The highest BCUT2D eigenvalue weighted by atomic mass is 16.6. The second-order valence-electron chi connectivity index (χ2n) is 6.53. The third-order valence-corrected chi connectivity index (χ3v) is 4.02. The Bertz CT molecular complexity index is 1100. The first-order valence-electron chi connectivity index (χ1n) is 8.93. The second-order valence-corrected chi connectivity index (χ2v) is 6.53. The van der Waals surface area contributed by atoms with Crippen molar-refractivity contribution in [3.63, 3.8) is 0 Å². The number of rotatable bonds is 10. The van der Waals surface area contributed by atoms with Crippen molar-refractivity contribution < 1.29 is 19.7 Å². The second kappa shape index (κ2) is 10.3. The molecule has 2 rings (SSSR count). The molecule has 2 aromatic rings. The number of hydrogen-bond donors (Lipinski definition) is 2. The Morgan fingerprint density at radius 2 is 1.06 bits per heavy atom. The van der Waals surface area contributed by atoms with Crippen LogP contribution in [0.2, 0.25) is 0 Å². The Morgan fingerprint density at radius 3 is 1.36 bits per heavy atom. The van der Waals surface area contributed by atoms with E-state index in [2.05, 4.69) is 21.1 Å². The van der Waals surface area contributed by atoms with Crippen molar-refractivity contribution in [3.8, 4) is 0 Å². The Balaban J connectivity index is 2.13. The molecule has 0 aliphatic rings. The van der Waals surface area contributed by atoms with E-state index in [0.29, 0.717) is 11.4 Å². The number of hydrogen-bond acceptors (Lipinski definition) is 12.